The number of unbranched alkanes of at least 4 members (excludes halogenated alkanes) is 5. The molecule has 1 aromatic heterocycles. The van der Waals surface area contributed by atoms with E-state index in [1.54, 1.807) is 0 Å². The third kappa shape index (κ3) is 4.83. The van der Waals surface area contributed by atoms with Gasteiger partial charge in [0, 0.05) is 30.9 Å². The van der Waals surface area contributed by atoms with Crippen LogP contribution in [0, 0.1) is 5.92 Å². The van der Waals surface area contributed by atoms with Crippen LogP contribution in [-0.2, 0) is 17.8 Å². The highest BCUT2D eigenvalue weighted by molar-refractivity contribution is 5.98. The molecule has 0 fully saturated rings. The SMILES string of the molecule is CCCCCCCCn1cc2c3c(cccc31)N(C)C(C(C)C)C(=O)NC(CO)C2. The summed E-state index contributed by atoms with van der Waals surface area (Å²) in [6.07, 6.45) is 10.6. The number of amides is 1. The largest absolute Gasteiger partial charge is 0.394 e. The van der Waals surface area contributed by atoms with Crippen molar-refractivity contribution in [3.8, 4) is 0 Å². The molecule has 5 heteroatoms. The molecule has 2 aromatic rings. The average Bonchev–Trinajstić information content (AvgIpc) is 3.08. The molecule has 1 aliphatic rings. The maximum atomic E-state index is 13.0. The van der Waals surface area contributed by atoms with Crippen molar-refractivity contribution in [1.82, 2.24) is 9.88 Å². The fourth-order valence-corrected chi connectivity index (χ4v) is 4.90. The number of anilines is 1. The summed E-state index contributed by atoms with van der Waals surface area (Å²) in [7, 11) is 2.02. The fourth-order valence-electron chi connectivity index (χ4n) is 4.90. The third-order valence-corrected chi connectivity index (χ3v) is 6.45. The van der Waals surface area contributed by atoms with Crippen LogP contribution >= 0.6 is 0 Å². The molecule has 3 rings (SSSR count). The molecule has 0 bridgehead atoms. The number of carbonyl (C=O) groups is 1. The van der Waals surface area contributed by atoms with Crippen LogP contribution in [0.25, 0.3) is 10.9 Å². The van der Waals surface area contributed by atoms with Gasteiger partial charge >= 0.3 is 0 Å². The van der Waals surface area contributed by atoms with Crippen LogP contribution in [0.15, 0.2) is 24.4 Å². The highest BCUT2D eigenvalue weighted by atomic mass is 16.3. The van der Waals surface area contributed by atoms with Crippen molar-refractivity contribution in [3.05, 3.63) is 30.0 Å². The van der Waals surface area contributed by atoms with Gasteiger partial charge in [-0.1, -0.05) is 58.9 Å². The second-order valence-electron chi connectivity index (χ2n) is 9.18. The molecule has 5 nitrogen and oxygen atoms in total. The summed E-state index contributed by atoms with van der Waals surface area (Å²) in [6.45, 7) is 7.38. The summed E-state index contributed by atoms with van der Waals surface area (Å²) in [5, 5.41) is 14.2. The molecule has 2 unspecified atom stereocenters. The first-order valence-corrected chi connectivity index (χ1v) is 11.7. The normalized spacial score (nSPS) is 19.7. The van der Waals surface area contributed by atoms with E-state index in [2.05, 4.69) is 60.0 Å². The predicted octanol–water partition coefficient (Wildman–Crippen LogP) is 4.50. The molecule has 0 saturated carbocycles. The second kappa shape index (κ2) is 10.3. The minimum Gasteiger partial charge on any atom is -0.394 e. The number of aromatic nitrogens is 1. The van der Waals surface area contributed by atoms with Crippen LogP contribution in [0.4, 0.5) is 5.69 Å². The van der Waals surface area contributed by atoms with Gasteiger partial charge in [0.1, 0.15) is 6.04 Å². The van der Waals surface area contributed by atoms with E-state index >= 15 is 0 Å². The Kier molecular flexibility index (Phi) is 7.81. The monoisotopic (exact) mass is 413 g/mol. The van der Waals surface area contributed by atoms with Crippen LogP contribution in [0.5, 0.6) is 0 Å². The van der Waals surface area contributed by atoms with Crippen molar-refractivity contribution >= 4 is 22.5 Å². The van der Waals surface area contributed by atoms with Gasteiger partial charge in [-0.05, 0) is 36.5 Å². The maximum absolute atomic E-state index is 13.0. The summed E-state index contributed by atoms with van der Waals surface area (Å²) < 4.78 is 2.38. The smallest absolute Gasteiger partial charge is 0.243 e. The number of aryl methyl sites for hydroxylation is 1. The minimum absolute atomic E-state index is 0.00587. The summed E-state index contributed by atoms with van der Waals surface area (Å²) >= 11 is 0. The molecule has 2 atom stereocenters. The predicted molar refractivity (Wildman–Crippen MR) is 125 cm³/mol. The number of nitrogens with one attached hydrogen (secondary N) is 1. The van der Waals surface area contributed by atoms with Crippen LogP contribution < -0.4 is 10.2 Å². The molecule has 1 aromatic carbocycles. The lowest BCUT2D eigenvalue weighted by atomic mass is 10.0. The van der Waals surface area contributed by atoms with E-state index in [4.69, 9.17) is 0 Å². The van der Waals surface area contributed by atoms with Crippen LogP contribution in [0.2, 0.25) is 0 Å². The van der Waals surface area contributed by atoms with Gasteiger partial charge in [0.05, 0.1) is 18.2 Å². The molecule has 30 heavy (non-hydrogen) atoms. The van der Waals surface area contributed by atoms with E-state index in [9.17, 15) is 9.90 Å². The Hall–Kier alpha value is -2.01. The Balaban J connectivity index is 1.95. The molecule has 0 saturated heterocycles. The van der Waals surface area contributed by atoms with Crippen LogP contribution in [0.3, 0.4) is 0 Å². The maximum Gasteiger partial charge on any atom is 0.243 e. The number of carbonyl (C=O) groups excluding carboxylic acids is 1. The molecule has 0 aliphatic carbocycles. The van der Waals surface area contributed by atoms with Gasteiger partial charge in [-0.2, -0.15) is 0 Å². The first-order chi connectivity index (χ1) is 14.5. The minimum atomic E-state index is -0.266. The fraction of sp³-hybridized carbons (Fsp3) is 0.640. The Morgan fingerprint density at radius 3 is 2.60 bits per heavy atom. The molecular weight excluding hydrogens is 374 g/mol. The van der Waals surface area contributed by atoms with Crippen molar-refractivity contribution in [1.29, 1.82) is 0 Å². The lowest BCUT2D eigenvalue weighted by molar-refractivity contribution is -0.124. The van der Waals surface area contributed by atoms with Crippen molar-refractivity contribution in [2.45, 2.75) is 84.3 Å². The summed E-state index contributed by atoms with van der Waals surface area (Å²) in [6, 6.07) is 5.90. The van der Waals surface area contributed by atoms with Gasteiger partial charge in [0.25, 0.3) is 0 Å². The van der Waals surface area contributed by atoms with E-state index in [1.165, 1.54) is 55.0 Å². The summed E-state index contributed by atoms with van der Waals surface area (Å²) in [4.78, 5) is 15.1. The van der Waals surface area contributed by atoms with Crippen molar-refractivity contribution in [2.24, 2.45) is 5.92 Å². The first kappa shape index (κ1) is 22.7. The zero-order chi connectivity index (χ0) is 21.7. The van der Waals surface area contributed by atoms with Gasteiger partial charge in [-0.25, -0.2) is 0 Å². The Labute approximate surface area is 181 Å². The first-order valence-electron chi connectivity index (χ1n) is 11.7. The van der Waals surface area contributed by atoms with Gasteiger partial charge in [-0.15, -0.1) is 0 Å². The van der Waals surface area contributed by atoms with E-state index in [-0.39, 0.29) is 30.5 Å². The molecule has 2 heterocycles. The number of hydrogen-bond acceptors (Lipinski definition) is 3. The van der Waals surface area contributed by atoms with Crippen LogP contribution in [-0.4, -0.2) is 41.3 Å². The molecular formula is C25H39N3O2. The number of aliphatic hydroxyl groups excluding tert-OH is 1. The van der Waals surface area contributed by atoms with Gasteiger partial charge in [0.2, 0.25) is 5.91 Å². The van der Waals surface area contributed by atoms with Gasteiger partial charge in [-0.3, -0.25) is 4.79 Å². The topological polar surface area (TPSA) is 57.5 Å². The standard InChI is InChI=1S/C25H39N3O2/c1-5-6-7-8-9-10-14-28-16-19-15-20(17-29)26-25(30)24(18(2)3)27(4)21-12-11-13-22(28)23(19)21/h11-13,16,18,20,24,29H,5-10,14-15,17H2,1-4H3,(H,26,30). The van der Waals surface area contributed by atoms with Crippen molar-refractivity contribution in [2.75, 3.05) is 18.6 Å². The van der Waals surface area contributed by atoms with Gasteiger partial charge in [0.15, 0.2) is 0 Å². The van der Waals surface area contributed by atoms with Crippen molar-refractivity contribution in [3.63, 3.8) is 0 Å². The number of benzene rings is 1. The lowest BCUT2D eigenvalue weighted by Crippen LogP contribution is -2.52. The highest BCUT2D eigenvalue weighted by Gasteiger charge is 2.32. The molecule has 1 aliphatic heterocycles. The summed E-state index contributed by atoms with van der Waals surface area (Å²) in [5.41, 5.74) is 3.55. The lowest BCUT2D eigenvalue weighted by Gasteiger charge is -2.32. The Morgan fingerprint density at radius 2 is 1.90 bits per heavy atom. The van der Waals surface area contributed by atoms with E-state index in [1.807, 2.05) is 7.05 Å². The number of likely N-dealkylation sites (N-methyl/N-ethyl adjacent to an activating group) is 1. The third-order valence-electron chi connectivity index (χ3n) is 6.45. The highest BCUT2D eigenvalue weighted by Crippen LogP contribution is 2.35. The molecule has 0 radical (unpaired) electrons. The number of nitrogens with zero attached hydrogens (tertiary/aromatic N) is 2. The van der Waals surface area contributed by atoms with E-state index in [0.717, 1.165) is 12.2 Å². The second-order valence-corrected chi connectivity index (χ2v) is 9.18. The van der Waals surface area contributed by atoms with Gasteiger partial charge < -0.3 is 19.9 Å². The van der Waals surface area contributed by atoms with Crippen LogP contribution in [0.1, 0.15) is 64.9 Å². The Morgan fingerprint density at radius 1 is 1.17 bits per heavy atom. The van der Waals surface area contributed by atoms with E-state index < -0.39 is 0 Å². The Bertz CT molecular complexity index is 842. The molecule has 166 valence electrons. The molecule has 0 spiro atoms. The molecule has 1 amide bonds. The quantitative estimate of drug-likeness (QED) is 0.595. The zero-order valence-corrected chi connectivity index (χ0v) is 19.2. The summed E-state index contributed by atoms with van der Waals surface area (Å²) in [5.74, 6) is 0.157. The van der Waals surface area contributed by atoms with E-state index in [0.29, 0.717) is 6.42 Å². The average molecular weight is 414 g/mol. The van der Waals surface area contributed by atoms with Crippen molar-refractivity contribution < 1.29 is 9.90 Å². The number of rotatable bonds is 9. The number of hydrogen-bond donors (Lipinski definition) is 2. The molecule has 2 N–H and O–H groups in total. The number of aliphatic hydroxyl groups is 1. The zero-order valence-electron chi connectivity index (χ0n) is 19.2.